The predicted molar refractivity (Wildman–Crippen MR) is 126 cm³/mol. The van der Waals surface area contributed by atoms with Crippen molar-refractivity contribution in [1.29, 1.82) is 0 Å². The second-order valence-electron chi connectivity index (χ2n) is 7.56. The van der Waals surface area contributed by atoms with Crippen molar-refractivity contribution < 1.29 is 9.18 Å². The Kier molecular flexibility index (Phi) is 6.81. The Morgan fingerprint density at radius 1 is 0.938 bits per heavy atom. The maximum Gasteiger partial charge on any atom is 0.192 e. The summed E-state index contributed by atoms with van der Waals surface area (Å²) >= 11 is 1.39. The van der Waals surface area contributed by atoms with Gasteiger partial charge >= 0.3 is 0 Å². The van der Waals surface area contributed by atoms with Crippen LogP contribution >= 0.6 is 11.8 Å². The van der Waals surface area contributed by atoms with E-state index in [9.17, 15) is 9.18 Å². The van der Waals surface area contributed by atoms with Gasteiger partial charge in [0.25, 0.3) is 0 Å². The lowest BCUT2D eigenvalue weighted by atomic mass is 10.1. The molecule has 1 heterocycles. The first-order chi connectivity index (χ1) is 15.5. The van der Waals surface area contributed by atoms with Crippen molar-refractivity contribution in [2.45, 2.75) is 37.2 Å². The van der Waals surface area contributed by atoms with Gasteiger partial charge in [0.2, 0.25) is 0 Å². The molecule has 0 saturated heterocycles. The molecular formula is C26H24FN3OS. The van der Waals surface area contributed by atoms with E-state index in [0.29, 0.717) is 23.1 Å². The van der Waals surface area contributed by atoms with Crippen LogP contribution in [0.3, 0.4) is 0 Å². The first-order valence-corrected chi connectivity index (χ1v) is 11.5. The molecule has 4 nitrogen and oxygen atoms in total. The number of Topliss-reactive ketones (excluding diaryl/α,β-unsaturated/α-hetero) is 1. The van der Waals surface area contributed by atoms with Gasteiger partial charge in [0.1, 0.15) is 5.82 Å². The first-order valence-electron chi connectivity index (χ1n) is 10.6. The number of hydrogen-bond donors (Lipinski definition) is 0. The lowest BCUT2D eigenvalue weighted by Crippen LogP contribution is -2.15. The molecule has 0 saturated carbocycles. The Bertz CT molecular complexity index is 1190. The van der Waals surface area contributed by atoms with Crippen LogP contribution in [0.1, 0.15) is 35.3 Å². The number of aromatic nitrogens is 3. The van der Waals surface area contributed by atoms with E-state index in [0.717, 1.165) is 17.5 Å². The zero-order valence-electron chi connectivity index (χ0n) is 18.0. The Morgan fingerprint density at radius 2 is 1.62 bits per heavy atom. The molecule has 0 aliphatic heterocycles. The fourth-order valence-electron chi connectivity index (χ4n) is 3.45. The number of halogens is 1. The van der Waals surface area contributed by atoms with Gasteiger partial charge in [-0.25, -0.2) is 4.39 Å². The van der Waals surface area contributed by atoms with Gasteiger partial charge in [-0.3, -0.25) is 9.36 Å². The van der Waals surface area contributed by atoms with Gasteiger partial charge in [-0.2, -0.15) is 0 Å². The highest BCUT2D eigenvalue weighted by Crippen LogP contribution is 2.29. The summed E-state index contributed by atoms with van der Waals surface area (Å²) in [6.45, 7) is 4.53. The minimum Gasteiger partial charge on any atom is -0.298 e. The molecule has 32 heavy (non-hydrogen) atoms. The molecule has 0 bridgehead atoms. The van der Waals surface area contributed by atoms with Crippen molar-refractivity contribution in [3.63, 3.8) is 0 Å². The van der Waals surface area contributed by atoms with E-state index in [1.165, 1.54) is 29.5 Å². The molecule has 1 atom stereocenters. The largest absolute Gasteiger partial charge is 0.298 e. The number of hydrogen-bond acceptors (Lipinski definition) is 4. The van der Waals surface area contributed by atoms with Gasteiger partial charge in [-0.05, 0) is 48.7 Å². The third-order valence-corrected chi connectivity index (χ3v) is 6.38. The highest BCUT2D eigenvalue weighted by molar-refractivity contribution is 8.00. The SMILES string of the molecule is CCc1ccc(C(=O)C(C)Sc2nnc(-c3ccc(F)cc3)n2Cc2ccccc2)cc1. The van der Waals surface area contributed by atoms with Gasteiger partial charge in [-0.1, -0.05) is 73.3 Å². The van der Waals surface area contributed by atoms with Crippen LogP contribution in [0.25, 0.3) is 11.4 Å². The topological polar surface area (TPSA) is 47.8 Å². The molecular weight excluding hydrogens is 421 g/mol. The molecule has 162 valence electrons. The lowest BCUT2D eigenvalue weighted by molar-refractivity contribution is 0.0994. The summed E-state index contributed by atoms with van der Waals surface area (Å²) in [5, 5.41) is 9.08. The van der Waals surface area contributed by atoms with E-state index in [-0.39, 0.29) is 16.9 Å². The molecule has 6 heteroatoms. The van der Waals surface area contributed by atoms with Gasteiger partial charge in [-0.15, -0.1) is 10.2 Å². The summed E-state index contributed by atoms with van der Waals surface area (Å²) in [5.41, 5.74) is 3.76. The number of carbonyl (C=O) groups is 1. The number of thioether (sulfide) groups is 1. The Hall–Kier alpha value is -3.25. The Labute approximate surface area is 191 Å². The zero-order valence-corrected chi connectivity index (χ0v) is 18.8. The summed E-state index contributed by atoms with van der Waals surface area (Å²) in [6.07, 6.45) is 0.938. The van der Waals surface area contributed by atoms with Gasteiger partial charge in [0.15, 0.2) is 16.8 Å². The van der Waals surface area contributed by atoms with Crippen molar-refractivity contribution in [2.24, 2.45) is 0 Å². The van der Waals surface area contributed by atoms with Crippen LogP contribution in [-0.4, -0.2) is 25.8 Å². The summed E-state index contributed by atoms with van der Waals surface area (Å²) in [4.78, 5) is 13.0. The summed E-state index contributed by atoms with van der Waals surface area (Å²) < 4.78 is 15.4. The second kappa shape index (κ2) is 9.92. The van der Waals surface area contributed by atoms with Crippen LogP contribution < -0.4 is 0 Å². The number of aryl methyl sites for hydroxylation is 1. The highest BCUT2D eigenvalue weighted by atomic mass is 32.2. The molecule has 3 aromatic carbocycles. The molecule has 0 aliphatic rings. The quantitative estimate of drug-likeness (QED) is 0.244. The van der Waals surface area contributed by atoms with Crippen LogP contribution in [0, 0.1) is 5.82 Å². The van der Waals surface area contributed by atoms with E-state index in [4.69, 9.17) is 0 Å². The highest BCUT2D eigenvalue weighted by Gasteiger charge is 2.22. The molecule has 0 fully saturated rings. The van der Waals surface area contributed by atoms with Crippen LogP contribution in [0.5, 0.6) is 0 Å². The number of benzene rings is 3. The first kappa shape index (κ1) is 22.0. The monoisotopic (exact) mass is 445 g/mol. The van der Waals surface area contributed by atoms with Crippen molar-refractivity contribution in [1.82, 2.24) is 14.8 Å². The standard InChI is InChI=1S/C26H24FN3OS/c1-3-19-9-11-21(12-10-19)24(31)18(2)32-26-29-28-25(22-13-15-23(27)16-14-22)30(26)17-20-7-5-4-6-8-20/h4-16,18H,3,17H2,1-2H3. The predicted octanol–water partition coefficient (Wildman–Crippen LogP) is 6.06. The third kappa shape index (κ3) is 4.97. The average Bonchev–Trinajstić information content (AvgIpc) is 3.21. The lowest BCUT2D eigenvalue weighted by Gasteiger charge is -2.13. The molecule has 1 unspecified atom stereocenters. The van der Waals surface area contributed by atoms with Gasteiger partial charge in [0, 0.05) is 11.1 Å². The molecule has 4 aromatic rings. The number of carbonyl (C=O) groups excluding carboxylic acids is 1. The van der Waals surface area contributed by atoms with Crippen LogP contribution in [-0.2, 0) is 13.0 Å². The van der Waals surface area contributed by atoms with Gasteiger partial charge in [0.05, 0.1) is 11.8 Å². The zero-order chi connectivity index (χ0) is 22.5. The Morgan fingerprint density at radius 3 is 2.28 bits per heavy atom. The van der Waals surface area contributed by atoms with E-state index in [2.05, 4.69) is 17.1 Å². The van der Waals surface area contributed by atoms with E-state index < -0.39 is 0 Å². The van der Waals surface area contributed by atoms with E-state index >= 15 is 0 Å². The third-order valence-electron chi connectivity index (χ3n) is 5.30. The number of nitrogens with zero attached hydrogens (tertiary/aromatic N) is 3. The average molecular weight is 446 g/mol. The minimum atomic E-state index is -0.331. The summed E-state index contributed by atoms with van der Waals surface area (Å²) in [5.74, 6) is 0.393. The van der Waals surface area contributed by atoms with Crippen molar-refractivity contribution in [2.75, 3.05) is 0 Å². The van der Waals surface area contributed by atoms with Crippen molar-refractivity contribution in [3.8, 4) is 11.4 Å². The molecule has 0 amide bonds. The fraction of sp³-hybridized carbons (Fsp3) is 0.192. The maximum atomic E-state index is 13.4. The van der Waals surface area contributed by atoms with Gasteiger partial charge < -0.3 is 0 Å². The molecule has 0 N–H and O–H groups in total. The van der Waals surface area contributed by atoms with E-state index in [1.807, 2.05) is 66.1 Å². The molecule has 0 radical (unpaired) electrons. The molecule has 4 rings (SSSR count). The summed E-state index contributed by atoms with van der Waals surface area (Å²) in [7, 11) is 0. The molecule has 0 aliphatic carbocycles. The molecule has 0 spiro atoms. The van der Waals surface area contributed by atoms with Crippen LogP contribution in [0.15, 0.2) is 84.0 Å². The van der Waals surface area contributed by atoms with Crippen molar-refractivity contribution in [3.05, 3.63) is 101 Å². The number of ketones is 1. The maximum absolute atomic E-state index is 13.4. The molecule has 1 aromatic heterocycles. The normalized spacial score (nSPS) is 12.0. The van der Waals surface area contributed by atoms with E-state index in [1.54, 1.807) is 12.1 Å². The minimum absolute atomic E-state index is 0.0512. The number of rotatable bonds is 8. The summed E-state index contributed by atoms with van der Waals surface area (Å²) in [6, 6.07) is 24.0. The fourth-order valence-corrected chi connectivity index (χ4v) is 4.37. The van der Waals surface area contributed by atoms with Crippen LogP contribution in [0.4, 0.5) is 4.39 Å². The second-order valence-corrected chi connectivity index (χ2v) is 8.87. The van der Waals surface area contributed by atoms with Crippen molar-refractivity contribution >= 4 is 17.5 Å². The van der Waals surface area contributed by atoms with Crippen LogP contribution in [0.2, 0.25) is 0 Å². The smallest absolute Gasteiger partial charge is 0.192 e. The Balaban J connectivity index is 1.63.